The Morgan fingerprint density at radius 2 is 1.19 bits per heavy atom. The third-order valence-electron chi connectivity index (χ3n) is 3.51. The molecule has 0 fully saturated rings. The third-order valence-corrected chi connectivity index (χ3v) is 6.28. The summed E-state index contributed by atoms with van der Waals surface area (Å²) in [7, 11) is 0. The summed E-state index contributed by atoms with van der Waals surface area (Å²) < 4.78 is 2.40. The van der Waals surface area contributed by atoms with Gasteiger partial charge in [0.2, 0.25) is 0 Å². The predicted molar refractivity (Wildman–Crippen MR) is 102 cm³/mol. The molecule has 2 aromatic rings. The second kappa shape index (κ2) is 8.40. The molecule has 0 bridgehead atoms. The molecule has 2 aromatic carbocycles. The van der Waals surface area contributed by atoms with Crippen molar-refractivity contribution in [2.24, 2.45) is 0 Å². The van der Waals surface area contributed by atoms with Crippen LogP contribution in [0.4, 0.5) is 0 Å². The molecule has 112 valence electrons. The maximum Gasteiger partial charge on any atom is 0.0204 e. The van der Waals surface area contributed by atoms with Gasteiger partial charge in [0.1, 0.15) is 0 Å². The average Bonchev–Trinajstić information content (AvgIpc) is 2.46. The molecule has 0 spiro atoms. The molecule has 21 heavy (non-hydrogen) atoms. The van der Waals surface area contributed by atoms with Crippen LogP contribution in [0.1, 0.15) is 22.3 Å². The van der Waals surface area contributed by atoms with Crippen molar-refractivity contribution in [2.45, 2.75) is 26.7 Å². The number of hydrogen-bond donors (Lipinski definition) is 0. The summed E-state index contributed by atoms with van der Waals surface area (Å²) in [5.41, 5.74) is 5.51. The molecule has 2 rings (SSSR count). The van der Waals surface area contributed by atoms with Gasteiger partial charge in [-0.15, -0.1) is 0 Å². The Balaban J connectivity index is 1.72. The summed E-state index contributed by atoms with van der Waals surface area (Å²) in [6.07, 6.45) is 2.30. The first-order valence-electron chi connectivity index (χ1n) is 7.14. The normalized spacial score (nSPS) is 10.9. The Bertz CT molecular complexity index is 555. The lowest BCUT2D eigenvalue weighted by molar-refractivity contribution is 1.11. The molecular weight excluding hydrogens is 408 g/mol. The lowest BCUT2D eigenvalue weighted by atomic mass is 10.1. The molecule has 0 nitrogen and oxygen atoms in total. The maximum atomic E-state index is 3.55. The molecule has 0 unspecified atom stereocenters. The smallest absolute Gasteiger partial charge is 0.0204 e. The minimum Gasteiger partial charge on any atom is -0.161 e. The van der Waals surface area contributed by atoms with Crippen molar-refractivity contribution in [1.82, 2.24) is 0 Å². The van der Waals surface area contributed by atoms with Crippen molar-refractivity contribution >= 4 is 43.6 Å². The van der Waals surface area contributed by atoms with Crippen LogP contribution >= 0.6 is 43.6 Å². The molecule has 0 aromatic heterocycles. The van der Waals surface area contributed by atoms with Gasteiger partial charge in [0, 0.05) is 8.95 Å². The summed E-state index contributed by atoms with van der Waals surface area (Å²) in [5.74, 6) is 2.38. The van der Waals surface area contributed by atoms with Gasteiger partial charge in [-0.2, -0.15) is 11.8 Å². The maximum absolute atomic E-state index is 3.55. The van der Waals surface area contributed by atoms with Crippen LogP contribution in [0.5, 0.6) is 0 Å². The van der Waals surface area contributed by atoms with Gasteiger partial charge in [-0.3, -0.25) is 0 Å². The molecule has 0 atom stereocenters. The Kier molecular flexibility index (Phi) is 6.84. The van der Waals surface area contributed by atoms with Crippen LogP contribution in [0.3, 0.4) is 0 Å². The van der Waals surface area contributed by atoms with Crippen LogP contribution in [0.25, 0.3) is 0 Å². The van der Waals surface area contributed by atoms with Gasteiger partial charge in [0.15, 0.2) is 0 Å². The van der Waals surface area contributed by atoms with Crippen LogP contribution < -0.4 is 0 Å². The molecule has 0 aliphatic carbocycles. The van der Waals surface area contributed by atoms with Gasteiger partial charge in [0.05, 0.1) is 0 Å². The minimum absolute atomic E-state index is 1.15. The number of rotatable bonds is 6. The zero-order chi connectivity index (χ0) is 15.2. The Morgan fingerprint density at radius 3 is 1.57 bits per heavy atom. The van der Waals surface area contributed by atoms with E-state index in [1.165, 1.54) is 42.7 Å². The van der Waals surface area contributed by atoms with E-state index in [0.717, 1.165) is 12.8 Å². The second-order valence-electron chi connectivity index (χ2n) is 5.28. The first-order valence-corrected chi connectivity index (χ1v) is 9.88. The van der Waals surface area contributed by atoms with Crippen molar-refractivity contribution in [3.63, 3.8) is 0 Å². The summed E-state index contributed by atoms with van der Waals surface area (Å²) in [6.45, 7) is 4.30. The van der Waals surface area contributed by atoms with Gasteiger partial charge < -0.3 is 0 Å². The van der Waals surface area contributed by atoms with Gasteiger partial charge in [-0.25, -0.2) is 0 Å². The van der Waals surface area contributed by atoms with Gasteiger partial charge in [0.25, 0.3) is 0 Å². The minimum atomic E-state index is 1.15. The lowest BCUT2D eigenvalue weighted by Gasteiger charge is -2.06. The molecule has 0 N–H and O–H groups in total. The van der Waals surface area contributed by atoms with Gasteiger partial charge in [-0.05, 0) is 72.6 Å². The Morgan fingerprint density at radius 1 is 0.762 bits per heavy atom. The number of hydrogen-bond acceptors (Lipinski definition) is 1. The summed E-state index contributed by atoms with van der Waals surface area (Å²) in [4.78, 5) is 0. The van der Waals surface area contributed by atoms with E-state index >= 15 is 0 Å². The van der Waals surface area contributed by atoms with Gasteiger partial charge >= 0.3 is 0 Å². The molecule has 0 heterocycles. The van der Waals surface area contributed by atoms with Crippen molar-refractivity contribution in [2.75, 3.05) is 11.5 Å². The van der Waals surface area contributed by atoms with Crippen LogP contribution in [0.15, 0.2) is 45.3 Å². The second-order valence-corrected chi connectivity index (χ2v) is 8.21. The summed E-state index contributed by atoms with van der Waals surface area (Å²) >= 11 is 9.14. The van der Waals surface area contributed by atoms with Crippen LogP contribution in [0, 0.1) is 13.8 Å². The van der Waals surface area contributed by atoms with Crippen molar-refractivity contribution in [3.05, 3.63) is 67.6 Å². The highest BCUT2D eigenvalue weighted by atomic mass is 79.9. The zero-order valence-electron chi connectivity index (χ0n) is 12.5. The van der Waals surface area contributed by atoms with E-state index in [9.17, 15) is 0 Å². The highest BCUT2D eigenvalue weighted by Gasteiger charge is 2.00. The molecule has 3 heteroatoms. The third kappa shape index (κ3) is 5.46. The first kappa shape index (κ1) is 17.1. The highest BCUT2D eigenvalue weighted by molar-refractivity contribution is 9.10. The number of aryl methyl sites for hydroxylation is 4. The van der Waals surface area contributed by atoms with E-state index in [-0.39, 0.29) is 0 Å². The van der Waals surface area contributed by atoms with E-state index < -0.39 is 0 Å². The monoisotopic (exact) mass is 426 g/mol. The topological polar surface area (TPSA) is 0 Å². The van der Waals surface area contributed by atoms with Crippen molar-refractivity contribution < 1.29 is 0 Å². The fourth-order valence-electron chi connectivity index (χ4n) is 2.21. The average molecular weight is 428 g/mol. The van der Waals surface area contributed by atoms with E-state index in [4.69, 9.17) is 0 Å². The first-order chi connectivity index (χ1) is 10.1. The van der Waals surface area contributed by atoms with Crippen molar-refractivity contribution in [1.29, 1.82) is 0 Å². The molecule has 0 amide bonds. The Hall–Kier alpha value is -0.250. The molecule has 0 aliphatic heterocycles. The van der Waals surface area contributed by atoms with E-state index in [2.05, 4.69) is 82.1 Å². The molecule has 0 saturated carbocycles. The predicted octanol–water partition coefficient (Wildman–Crippen LogP) is 6.35. The van der Waals surface area contributed by atoms with E-state index in [1.807, 2.05) is 11.8 Å². The fraction of sp³-hybridized carbons (Fsp3) is 0.333. The summed E-state index contributed by atoms with van der Waals surface area (Å²) in [6, 6.07) is 13.3. The highest BCUT2D eigenvalue weighted by Crippen LogP contribution is 2.20. The van der Waals surface area contributed by atoms with Crippen LogP contribution in [0.2, 0.25) is 0 Å². The van der Waals surface area contributed by atoms with Gasteiger partial charge in [-0.1, -0.05) is 56.1 Å². The quantitative estimate of drug-likeness (QED) is 0.484. The lowest BCUT2D eigenvalue weighted by Crippen LogP contribution is -1.94. The number of halogens is 2. The largest absolute Gasteiger partial charge is 0.161 e. The molecular formula is C18H20Br2S. The SMILES string of the molecule is Cc1cc(CCSCCc2ccc(Br)c(C)c2)ccc1Br. The number of thioether (sulfide) groups is 1. The van der Waals surface area contributed by atoms with Crippen LogP contribution in [-0.2, 0) is 12.8 Å². The van der Waals surface area contributed by atoms with Crippen LogP contribution in [-0.4, -0.2) is 11.5 Å². The zero-order valence-corrected chi connectivity index (χ0v) is 16.4. The fourth-order valence-corrected chi connectivity index (χ4v) is 3.66. The van der Waals surface area contributed by atoms with Crippen molar-refractivity contribution in [3.8, 4) is 0 Å². The molecule has 0 aliphatic rings. The summed E-state index contributed by atoms with van der Waals surface area (Å²) in [5, 5.41) is 0. The molecule has 0 radical (unpaired) electrons. The van der Waals surface area contributed by atoms with E-state index in [0.29, 0.717) is 0 Å². The van der Waals surface area contributed by atoms with E-state index in [1.54, 1.807) is 0 Å². The standard InChI is InChI=1S/C18H20Br2S/c1-13-11-15(3-5-17(13)19)7-9-21-10-8-16-4-6-18(20)14(2)12-16/h3-6,11-12H,7-10H2,1-2H3. The Labute approximate surface area is 149 Å². The molecule has 0 saturated heterocycles. The number of benzene rings is 2.